The summed E-state index contributed by atoms with van der Waals surface area (Å²) < 4.78 is 4.57. The molecule has 0 aliphatic carbocycles. The SMILES string of the molecule is CC/C=C/C(CCC)C1CC(=O)OC1=O. The van der Waals surface area contributed by atoms with Crippen LogP contribution in [0.1, 0.15) is 39.5 Å². The van der Waals surface area contributed by atoms with E-state index in [0.29, 0.717) is 0 Å². The fourth-order valence-electron chi connectivity index (χ4n) is 1.89. The molecular weight excluding hydrogens is 192 g/mol. The zero-order valence-corrected chi connectivity index (χ0v) is 9.36. The van der Waals surface area contributed by atoms with Gasteiger partial charge in [-0.15, -0.1) is 0 Å². The predicted molar refractivity (Wildman–Crippen MR) is 57.0 cm³/mol. The number of cyclic esters (lactones) is 2. The Bertz CT molecular complexity index is 268. The quantitative estimate of drug-likeness (QED) is 0.397. The summed E-state index contributed by atoms with van der Waals surface area (Å²) in [5.41, 5.74) is 0. The zero-order chi connectivity index (χ0) is 11.3. The van der Waals surface area contributed by atoms with Gasteiger partial charge >= 0.3 is 11.9 Å². The summed E-state index contributed by atoms with van der Waals surface area (Å²) >= 11 is 0. The van der Waals surface area contributed by atoms with Crippen molar-refractivity contribution in [2.75, 3.05) is 0 Å². The lowest BCUT2D eigenvalue weighted by atomic mass is 9.87. The van der Waals surface area contributed by atoms with E-state index in [9.17, 15) is 9.59 Å². The van der Waals surface area contributed by atoms with Gasteiger partial charge in [-0.05, 0) is 18.8 Å². The van der Waals surface area contributed by atoms with E-state index in [1.807, 2.05) is 6.08 Å². The summed E-state index contributed by atoms with van der Waals surface area (Å²) in [4.78, 5) is 22.4. The van der Waals surface area contributed by atoms with Crippen LogP contribution in [0.2, 0.25) is 0 Å². The summed E-state index contributed by atoms with van der Waals surface area (Å²) in [5, 5.41) is 0. The number of ether oxygens (including phenoxy) is 1. The molecule has 3 nitrogen and oxygen atoms in total. The minimum Gasteiger partial charge on any atom is -0.393 e. The molecular formula is C12H18O3. The van der Waals surface area contributed by atoms with Crippen molar-refractivity contribution in [3.63, 3.8) is 0 Å². The molecule has 0 N–H and O–H groups in total. The molecule has 1 heterocycles. The predicted octanol–water partition coefficient (Wildman–Crippen LogP) is 2.46. The molecule has 2 unspecified atom stereocenters. The standard InChI is InChI=1S/C12H18O3/c1-3-5-7-9(6-4-2)10-8-11(13)15-12(10)14/h5,7,9-10H,3-4,6,8H2,1-2H3/b7-5+. The Morgan fingerprint density at radius 2 is 2.20 bits per heavy atom. The fraction of sp³-hybridized carbons (Fsp3) is 0.667. The second-order valence-corrected chi connectivity index (χ2v) is 3.89. The lowest BCUT2D eigenvalue weighted by molar-refractivity contribution is -0.153. The van der Waals surface area contributed by atoms with Gasteiger partial charge in [0.05, 0.1) is 12.3 Å². The van der Waals surface area contributed by atoms with Crippen molar-refractivity contribution < 1.29 is 14.3 Å². The zero-order valence-electron chi connectivity index (χ0n) is 9.36. The molecule has 0 amide bonds. The van der Waals surface area contributed by atoms with Crippen LogP contribution in [0.4, 0.5) is 0 Å². The fourth-order valence-corrected chi connectivity index (χ4v) is 1.89. The summed E-state index contributed by atoms with van der Waals surface area (Å²) in [6.45, 7) is 4.13. The first-order valence-corrected chi connectivity index (χ1v) is 5.60. The Morgan fingerprint density at radius 3 is 2.67 bits per heavy atom. The highest BCUT2D eigenvalue weighted by atomic mass is 16.6. The number of hydrogen-bond acceptors (Lipinski definition) is 3. The van der Waals surface area contributed by atoms with Crippen LogP contribution in [-0.2, 0) is 14.3 Å². The molecule has 0 aromatic rings. The smallest absolute Gasteiger partial charge is 0.317 e. The summed E-state index contributed by atoms with van der Waals surface area (Å²) in [5.74, 6) is -0.815. The maximum Gasteiger partial charge on any atom is 0.317 e. The maximum absolute atomic E-state index is 11.4. The van der Waals surface area contributed by atoms with Crippen LogP contribution in [0.15, 0.2) is 12.2 Å². The average Bonchev–Trinajstić information content (AvgIpc) is 2.52. The first-order chi connectivity index (χ1) is 7.19. The highest BCUT2D eigenvalue weighted by molar-refractivity contribution is 5.94. The Balaban J connectivity index is 2.66. The first-order valence-electron chi connectivity index (χ1n) is 5.60. The van der Waals surface area contributed by atoms with Crippen molar-refractivity contribution in [2.24, 2.45) is 11.8 Å². The topological polar surface area (TPSA) is 43.4 Å². The van der Waals surface area contributed by atoms with Crippen LogP contribution in [-0.4, -0.2) is 11.9 Å². The number of carbonyl (C=O) groups is 2. The second-order valence-electron chi connectivity index (χ2n) is 3.89. The van der Waals surface area contributed by atoms with Crippen LogP contribution in [0, 0.1) is 11.8 Å². The molecule has 1 saturated heterocycles. The Labute approximate surface area is 90.5 Å². The van der Waals surface area contributed by atoms with Gasteiger partial charge in [-0.1, -0.05) is 32.4 Å². The molecule has 1 aliphatic rings. The molecule has 0 aromatic heterocycles. The molecule has 0 bridgehead atoms. The first kappa shape index (κ1) is 12.0. The molecule has 0 spiro atoms. The summed E-state index contributed by atoms with van der Waals surface area (Å²) in [6.07, 6.45) is 7.25. The molecule has 1 rings (SSSR count). The highest BCUT2D eigenvalue weighted by Gasteiger charge is 2.37. The lowest BCUT2D eigenvalue weighted by Gasteiger charge is -2.14. The Morgan fingerprint density at radius 1 is 1.47 bits per heavy atom. The van der Waals surface area contributed by atoms with Gasteiger partial charge in [-0.2, -0.15) is 0 Å². The lowest BCUT2D eigenvalue weighted by Crippen LogP contribution is -2.17. The second kappa shape index (κ2) is 5.69. The van der Waals surface area contributed by atoms with Gasteiger partial charge < -0.3 is 4.74 Å². The number of hydrogen-bond donors (Lipinski definition) is 0. The van der Waals surface area contributed by atoms with Crippen molar-refractivity contribution in [3.8, 4) is 0 Å². The molecule has 0 aromatic carbocycles. The van der Waals surface area contributed by atoms with E-state index in [1.54, 1.807) is 0 Å². The molecule has 2 atom stereocenters. The van der Waals surface area contributed by atoms with E-state index < -0.39 is 0 Å². The monoisotopic (exact) mass is 210 g/mol. The van der Waals surface area contributed by atoms with E-state index >= 15 is 0 Å². The van der Waals surface area contributed by atoms with E-state index in [1.165, 1.54) is 0 Å². The highest BCUT2D eigenvalue weighted by Crippen LogP contribution is 2.28. The Kier molecular flexibility index (Phi) is 4.53. The summed E-state index contributed by atoms with van der Waals surface area (Å²) in [6, 6.07) is 0. The Hall–Kier alpha value is -1.12. The minimum atomic E-state index is -0.379. The van der Waals surface area contributed by atoms with Crippen LogP contribution < -0.4 is 0 Å². The van der Waals surface area contributed by atoms with Gasteiger partial charge in [0.1, 0.15) is 0 Å². The van der Waals surface area contributed by atoms with Crippen molar-refractivity contribution in [1.29, 1.82) is 0 Å². The van der Waals surface area contributed by atoms with E-state index in [2.05, 4.69) is 24.7 Å². The minimum absolute atomic E-state index is 0.161. The molecule has 1 aliphatic heterocycles. The third kappa shape index (κ3) is 3.18. The van der Waals surface area contributed by atoms with Gasteiger partial charge in [0.25, 0.3) is 0 Å². The molecule has 1 fully saturated rings. The largest absolute Gasteiger partial charge is 0.393 e. The number of carbonyl (C=O) groups excluding carboxylic acids is 2. The van der Waals surface area contributed by atoms with E-state index in [4.69, 9.17) is 0 Å². The van der Waals surface area contributed by atoms with Gasteiger partial charge in [-0.3, -0.25) is 9.59 Å². The van der Waals surface area contributed by atoms with Crippen LogP contribution in [0.3, 0.4) is 0 Å². The normalized spacial score (nSPS) is 23.5. The average molecular weight is 210 g/mol. The number of rotatable bonds is 5. The van der Waals surface area contributed by atoms with Gasteiger partial charge in [0.15, 0.2) is 0 Å². The molecule has 3 heteroatoms. The van der Waals surface area contributed by atoms with Crippen molar-refractivity contribution in [2.45, 2.75) is 39.5 Å². The summed E-state index contributed by atoms with van der Waals surface area (Å²) in [7, 11) is 0. The van der Waals surface area contributed by atoms with Gasteiger partial charge in [0, 0.05) is 0 Å². The maximum atomic E-state index is 11.4. The van der Waals surface area contributed by atoms with Crippen LogP contribution in [0.5, 0.6) is 0 Å². The number of allylic oxidation sites excluding steroid dienone is 2. The molecule has 84 valence electrons. The van der Waals surface area contributed by atoms with Crippen molar-refractivity contribution in [1.82, 2.24) is 0 Å². The molecule has 0 saturated carbocycles. The van der Waals surface area contributed by atoms with E-state index in [0.717, 1.165) is 19.3 Å². The van der Waals surface area contributed by atoms with E-state index in [-0.39, 0.29) is 30.2 Å². The molecule has 15 heavy (non-hydrogen) atoms. The van der Waals surface area contributed by atoms with Crippen LogP contribution in [0.25, 0.3) is 0 Å². The van der Waals surface area contributed by atoms with Crippen LogP contribution >= 0.6 is 0 Å². The number of esters is 2. The third-order valence-electron chi connectivity index (χ3n) is 2.66. The molecule has 0 radical (unpaired) electrons. The third-order valence-corrected chi connectivity index (χ3v) is 2.66. The van der Waals surface area contributed by atoms with Gasteiger partial charge in [-0.25, -0.2) is 0 Å². The van der Waals surface area contributed by atoms with Crippen molar-refractivity contribution >= 4 is 11.9 Å². The van der Waals surface area contributed by atoms with Crippen molar-refractivity contribution in [3.05, 3.63) is 12.2 Å². The van der Waals surface area contributed by atoms with Gasteiger partial charge in [0.2, 0.25) is 0 Å².